The van der Waals surface area contributed by atoms with E-state index in [0.717, 1.165) is 24.2 Å². The zero-order chi connectivity index (χ0) is 16.6. The zero-order valence-electron chi connectivity index (χ0n) is 13.6. The molecule has 2 aliphatic rings. The van der Waals surface area contributed by atoms with Gasteiger partial charge in [-0.15, -0.1) is 0 Å². The molecule has 1 aromatic carbocycles. The number of sulfonamides is 1. The number of carbonyl (C=O) groups is 1. The van der Waals surface area contributed by atoms with Crippen LogP contribution in [-0.2, 0) is 14.8 Å². The van der Waals surface area contributed by atoms with Crippen molar-refractivity contribution in [2.75, 3.05) is 11.0 Å². The maximum atomic E-state index is 12.5. The number of hydrogen-bond acceptors (Lipinski definition) is 3. The molecule has 0 saturated heterocycles. The molecule has 0 heterocycles. The summed E-state index contributed by atoms with van der Waals surface area (Å²) >= 11 is 0. The first-order valence-electron chi connectivity index (χ1n) is 8.20. The molecule has 2 bridgehead atoms. The summed E-state index contributed by atoms with van der Waals surface area (Å²) in [5.74, 6) is 1.61. The fourth-order valence-electron chi connectivity index (χ4n) is 4.06. The number of carbonyl (C=O) groups excluding carboxylic acids is 1. The summed E-state index contributed by atoms with van der Waals surface area (Å²) in [5, 5.41) is 3.10. The fraction of sp³-hybridized carbons (Fsp3) is 0.588. The predicted molar refractivity (Wildman–Crippen MR) is 90.4 cm³/mol. The van der Waals surface area contributed by atoms with E-state index in [1.54, 1.807) is 18.2 Å². The van der Waals surface area contributed by atoms with Crippen LogP contribution in [0, 0.1) is 17.8 Å². The van der Waals surface area contributed by atoms with Gasteiger partial charge in [0.1, 0.15) is 0 Å². The lowest BCUT2D eigenvalue weighted by molar-refractivity contribution is -0.127. The number of hydrogen-bond donors (Lipinski definition) is 2. The second-order valence-electron chi connectivity index (χ2n) is 7.01. The summed E-state index contributed by atoms with van der Waals surface area (Å²) in [6.07, 6.45) is 5.83. The summed E-state index contributed by atoms with van der Waals surface area (Å²) in [5.41, 5.74) is 1.42. The van der Waals surface area contributed by atoms with Gasteiger partial charge in [0.2, 0.25) is 15.9 Å². The van der Waals surface area contributed by atoms with Gasteiger partial charge in [-0.3, -0.25) is 9.52 Å². The van der Waals surface area contributed by atoms with E-state index in [1.807, 2.05) is 13.0 Å². The minimum absolute atomic E-state index is 0.136. The number of amides is 1. The Kier molecular flexibility index (Phi) is 4.36. The predicted octanol–water partition coefficient (Wildman–Crippen LogP) is 2.67. The van der Waals surface area contributed by atoms with Gasteiger partial charge in [-0.2, -0.15) is 0 Å². The van der Waals surface area contributed by atoms with Gasteiger partial charge in [-0.25, -0.2) is 8.42 Å². The summed E-state index contributed by atoms with van der Waals surface area (Å²) in [7, 11) is -3.30. The van der Waals surface area contributed by atoms with Crippen molar-refractivity contribution in [3.8, 4) is 0 Å². The van der Waals surface area contributed by atoms with Gasteiger partial charge in [0.05, 0.1) is 12.3 Å². The van der Waals surface area contributed by atoms with E-state index in [9.17, 15) is 13.2 Å². The van der Waals surface area contributed by atoms with E-state index in [0.29, 0.717) is 11.6 Å². The Morgan fingerprint density at radius 1 is 1.26 bits per heavy atom. The van der Waals surface area contributed by atoms with Gasteiger partial charge in [0.25, 0.3) is 0 Å². The second kappa shape index (κ2) is 6.15. The molecule has 2 aliphatic carbocycles. The first-order chi connectivity index (χ1) is 10.8. The summed E-state index contributed by atoms with van der Waals surface area (Å²) < 4.78 is 25.1. The van der Waals surface area contributed by atoms with Crippen LogP contribution in [0.25, 0.3) is 0 Å². The maximum absolute atomic E-state index is 12.5. The quantitative estimate of drug-likeness (QED) is 0.868. The Hall–Kier alpha value is -1.56. The lowest BCUT2D eigenvalue weighted by Crippen LogP contribution is -2.35. The van der Waals surface area contributed by atoms with Crippen molar-refractivity contribution in [1.29, 1.82) is 0 Å². The third kappa shape index (κ3) is 3.86. The molecule has 23 heavy (non-hydrogen) atoms. The van der Waals surface area contributed by atoms with Crippen molar-refractivity contribution in [3.05, 3.63) is 29.8 Å². The largest absolute Gasteiger partial charge is 0.349 e. The van der Waals surface area contributed by atoms with Crippen LogP contribution in [-0.4, -0.2) is 20.6 Å². The summed E-state index contributed by atoms with van der Waals surface area (Å²) in [4.78, 5) is 12.5. The van der Waals surface area contributed by atoms with Crippen LogP contribution in [0.5, 0.6) is 0 Å². The number of benzene rings is 1. The van der Waals surface area contributed by atoms with Gasteiger partial charge in [0, 0.05) is 11.6 Å². The van der Waals surface area contributed by atoms with E-state index in [-0.39, 0.29) is 17.9 Å². The lowest BCUT2D eigenvalue weighted by atomic mass is 9.88. The molecule has 1 aromatic rings. The highest BCUT2D eigenvalue weighted by Gasteiger charge is 2.43. The number of rotatable bonds is 5. The summed E-state index contributed by atoms with van der Waals surface area (Å²) in [6, 6.07) is 7.03. The van der Waals surface area contributed by atoms with E-state index < -0.39 is 10.0 Å². The number of anilines is 1. The first-order valence-corrected chi connectivity index (χ1v) is 10.1. The van der Waals surface area contributed by atoms with Gasteiger partial charge in [-0.1, -0.05) is 18.6 Å². The van der Waals surface area contributed by atoms with Crippen LogP contribution in [0.3, 0.4) is 0 Å². The minimum Gasteiger partial charge on any atom is -0.349 e. The molecular formula is C17H24N2O3S. The molecule has 0 aromatic heterocycles. The molecular weight excluding hydrogens is 312 g/mol. The SMILES string of the molecule is C[C@@H](NC(=O)[C@H]1C[C@H]2CC[C@H]1C2)c1cccc(NS(C)(=O)=O)c1. The molecule has 4 atom stereocenters. The highest BCUT2D eigenvalue weighted by Crippen LogP contribution is 2.48. The molecule has 1 amide bonds. The van der Waals surface area contributed by atoms with E-state index in [4.69, 9.17) is 0 Å². The Balaban J connectivity index is 1.65. The fourth-order valence-corrected chi connectivity index (χ4v) is 4.61. The van der Waals surface area contributed by atoms with Gasteiger partial charge in [0.15, 0.2) is 0 Å². The molecule has 0 radical (unpaired) electrons. The maximum Gasteiger partial charge on any atom is 0.229 e. The number of nitrogens with one attached hydrogen (secondary N) is 2. The molecule has 2 fully saturated rings. The topological polar surface area (TPSA) is 75.3 Å². The van der Waals surface area contributed by atoms with E-state index in [2.05, 4.69) is 10.0 Å². The van der Waals surface area contributed by atoms with Crippen LogP contribution in [0.15, 0.2) is 24.3 Å². The van der Waals surface area contributed by atoms with Crippen LogP contribution in [0.2, 0.25) is 0 Å². The lowest BCUT2D eigenvalue weighted by Gasteiger charge is -2.23. The Morgan fingerprint density at radius 3 is 2.65 bits per heavy atom. The average Bonchev–Trinajstić information content (AvgIpc) is 3.08. The Labute approximate surface area is 137 Å². The smallest absolute Gasteiger partial charge is 0.229 e. The molecule has 126 valence electrons. The molecule has 0 spiro atoms. The molecule has 2 saturated carbocycles. The van der Waals surface area contributed by atoms with Crippen LogP contribution in [0.4, 0.5) is 5.69 Å². The second-order valence-corrected chi connectivity index (χ2v) is 8.76. The Morgan fingerprint density at radius 2 is 2.04 bits per heavy atom. The van der Waals surface area contributed by atoms with Crippen molar-refractivity contribution in [1.82, 2.24) is 5.32 Å². The monoisotopic (exact) mass is 336 g/mol. The molecule has 0 unspecified atom stereocenters. The highest BCUT2D eigenvalue weighted by molar-refractivity contribution is 7.92. The summed E-state index contributed by atoms with van der Waals surface area (Å²) in [6.45, 7) is 1.94. The molecule has 3 rings (SSSR count). The molecule has 2 N–H and O–H groups in total. The van der Waals surface area contributed by atoms with Crippen LogP contribution < -0.4 is 10.0 Å². The van der Waals surface area contributed by atoms with Crippen LogP contribution in [0.1, 0.15) is 44.2 Å². The van der Waals surface area contributed by atoms with E-state index >= 15 is 0 Å². The third-order valence-electron chi connectivity index (χ3n) is 5.12. The van der Waals surface area contributed by atoms with E-state index in [1.165, 1.54) is 19.3 Å². The van der Waals surface area contributed by atoms with Crippen molar-refractivity contribution in [2.45, 2.75) is 38.6 Å². The Bertz CT molecular complexity index is 702. The molecule has 5 nitrogen and oxygen atoms in total. The normalized spacial score (nSPS) is 27.7. The van der Waals surface area contributed by atoms with Crippen molar-refractivity contribution in [2.24, 2.45) is 17.8 Å². The number of fused-ring (bicyclic) bond motifs is 2. The molecule has 6 heteroatoms. The minimum atomic E-state index is -3.30. The van der Waals surface area contributed by atoms with Crippen molar-refractivity contribution < 1.29 is 13.2 Å². The zero-order valence-corrected chi connectivity index (χ0v) is 14.4. The van der Waals surface area contributed by atoms with Gasteiger partial charge >= 0.3 is 0 Å². The van der Waals surface area contributed by atoms with Crippen LogP contribution >= 0.6 is 0 Å². The van der Waals surface area contributed by atoms with Crippen molar-refractivity contribution >= 4 is 21.6 Å². The first kappa shape index (κ1) is 16.3. The highest BCUT2D eigenvalue weighted by atomic mass is 32.2. The molecule has 0 aliphatic heterocycles. The van der Waals surface area contributed by atoms with Gasteiger partial charge in [-0.05, 0) is 55.7 Å². The van der Waals surface area contributed by atoms with Gasteiger partial charge < -0.3 is 5.32 Å². The van der Waals surface area contributed by atoms with Crippen molar-refractivity contribution in [3.63, 3.8) is 0 Å². The third-order valence-corrected chi connectivity index (χ3v) is 5.73. The average molecular weight is 336 g/mol. The standard InChI is InChI=1S/C17H24N2O3S/c1-11(13-4-3-5-15(10-13)19-23(2,21)22)18-17(20)16-9-12-6-7-14(16)8-12/h3-5,10-12,14,16,19H,6-9H2,1-2H3,(H,18,20)/t11-,12+,14+,16+/m1/s1.